The highest BCUT2D eigenvalue weighted by Gasteiger charge is 2.30. The average molecular weight is 481 g/mol. The van der Waals surface area contributed by atoms with E-state index in [1.54, 1.807) is 39.5 Å². The van der Waals surface area contributed by atoms with Crippen molar-refractivity contribution in [3.05, 3.63) is 59.1 Å². The van der Waals surface area contributed by atoms with Crippen LogP contribution in [0, 0.1) is 5.92 Å². The molecule has 1 aliphatic heterocycles. The molecule has 0 bridgehead atoms. The van der Waals surface area contributed by atoms with Crippen molar-refractivity contribution in [3.8, 4) is 22.8 Å². The first-order chi connectivity index (χ1) is 16.2. The second-order valence-electron chi connectivity index (χ2n) is 9.22. The second kappa shape index (κ2) is 8.45. The number of nitrogens with zero attached hydrogens (tertiary/aromatic N) is 3. The number of aliphatic hydroxyl groups is 1. The van der Waals surface area contributed by atoms with Gasteiger partial charge in [0.05, 0.1) is 54.8 Å². The van der Waals surface area contributed by atoms with Crippen LogP contribution >= 0.6 is 11.6 Å². The molecule has 0 amide bonds. The standard InChI is InChI=1S/C25H25ClN4O4/c1-25(2,32)13-30-11-19(17-9-27-20(8-21(17)30)18-10-28-29-24(18)26)23(31)15-6-14-7-16(33-3)4-5-22(14)34-12-15/h4-5,7-11,15,32H,6,12-13H2,1-3H3,(H,28,29). The van der Waals surface area contributed by atoms with Crippen LogP contribution in [0.2, 0.25) is 5.15 Å². The summed E-state index contributed by atoms with van der Waals surface area (Å²) in [4.78, 5) is 18.2. The van der Waals surface area contributed by atoms with Gasteiger partial charge in [0.25, 0.3) is 0 Å². The van der Waals surface area contributed by atoms with Gasteiger partial charge in [-0.05, 0) is 50.1 Å². The van der Waals surface area contributed by atoms with Crippen molar-refractivity contribution in [3.63, 3.8) is 0 Å². The fourth-order valence-corrected chi connectivity index (χ4v) is 4.61. The first-order valence-corrected chi connectivity index (χ1v) is 11.4. The highest BCUT2D eigenvalue weighted by atomic mass is 35.5. The summed E-state index contributed by atoms with van der Waals surface area (Å²) in [7, 11) is 1.61. The molecular weight excluding hydrogens is 456 g/mol. The smallest absolute Gasteiger partial charge is 0.171 e. The largest absolute Gasteiger partial charge is 0.497 e. The summed E-state index contributed by atoms with van der Waals surface area (Å²) in [5.74, 6) is 1.14. The number of halogens is 1. The lowest BCUT2D eigenvalue weighted by Gasteiger charge is -2.24. The second-order valence-corrected chi connectivity index (χ2v) is 9.60. The zero-order valence-corrected chi connectivity index (χ0v) is 19.9. The minimum atomic E-state index is -0.980. The monoisotopic (exact) mass is 480 g/mol. The van der Waals surface area contributed by atoms with E-state index < -0.39 is 5.60 Å². The normalized spacial score (nSPS) is 15.7. The van der Waals surface area contributed by atoms with Gasteiger partial charge < -0.3 is 19.1 Å². The Bertz CT molecular complexity index is 1390. The third-order valence-corrected chi connectivity index (χ3v) is 6.29. The van der Waals surface area contributed by atoms with Gasteiger partial charge in [0.15, 0.2) is 5.78 Å². The van der Waals surface area contributed by atoms with E-state index in [-0.39, 0.29) is 11.7 Å². The Balaban J connectivity index is 1.55. The fraction of sp³-hybridized carbons (Fsp3) is 0.320. The predicted octanol–water partition coefficient (Wildman–Crippen LogP) is 4.29. The number of fused-ring (bicyclic) bond motifs is 2. The van der Waals surface area contributed by atoms with Crippen molar-refractivity contribution in [1.82, 2.24) is 19.7 Å². The molecule has 1 unspecified atom stereocenters. The number of Topliss-reactive ketones (excluding diaryl/α,β-unsaturated/α-hetero) is 1. The quantitative estimate of drug-likeness (QED) is 0.399. The zero-order chi connectivity index (χ0) is 24.0. The summed E-state index contributed by atoms with van der Waals surface area (Å²) in [6.07, 6.45) is 5.65. The van der Waals surface area contributed by atoms with E-state index in [2.05, 4.69) is 15.2 Å². The van der Waals surface area contributed by atoms with Crippen molar-refractivity contribution >= 4 is 28.3 Å². The number of ether oxygens (including phenoxy) is 2. The molecular formula is C25H25ClN4O4. The Kier molecular flexibility index (Phi) is 5.58. The first kappa shape index (κ1) is 22.4. The summed E-state index contributed by atoms with van der Waals surface area (Å²) in [6, 6.07) is 7.50. The molecule has 4 aromatic rings. The summed E-state index contributed by atoms with van der Waals surface area (Å²) in [5.41, 5.74) is 2.59. The molecule has 8 nitrogen and oxygen atoms in total. The van der Waals surface area contributed by atoms with Gasteiger partial charge in [0, 0.05) is 23.3 Å². The zero-order valence-electron chi connectivity index (χ0n) is 19.1. The van der Waals surface area contributed by atoms with Gasteiger partial charge in [0.1, 0.15) is 16.7 Å². The number of carbonyl (C=O) groups is 1. The van der Waals surface area contributed by atoms with Crippen LogP contribution < -0.4 is 9.47 Å². The maximum absolute atomic E-state index is 13.7. The summed E-state index contributed by atoms with van der Waals surface area (Å²) >= 11 is 6.21. The van der Waals surface area contributed by atoms with E-state index in [0.717, 1.165) is 22.6 Å². The molecule has 1 atom stereocenters. The number of aromatic nitrogens is 4. The molecule has 3 aromatic heterocycles. The van der Waals surface area contributed by atoms with Crippen LogP contribution in [0.25, 0.3) is 22.2 Å². The Hall–Kier alpha value is -3.36. The highest BCUT2D eigenvalue weighted by Crippen LogP contribution is 2.34. The molecule has 9 heteroatoms. The molecule has 34 heavy (non-hydrogen) atoms. The molecule has 0 saturated heterocycles. The van der Waals surface area contributed by atoms with Crippen LogP contribution in [0.3, 0.4) is 0 Å². The van der Waals surface area contributed by atoms with Gasteiger partial charge in [-0.25, -0.2) is 0 Å². The molecule has 2 N–H and O–H groups in total. The van der Waals surface area contributed by atoms with Gasteiger partial charge >= 0.3 is 0 Å². The van der Waals surface area contributed by atoms with Gasteiger partial charge in [-0.3, -0.25) is 14.9 Å². The molecule has 5 rings (SSSR count). The maximum Gasteiger partial charge on any atom is 0.171 e. The van der Waals surface area contributed by atoms with E-state index in [1.165, 1.54) is 0 Å². The predicted molar refractivity (Wildman–Crippen MR) is 129 cm³/mol. The maximum atomic E-state index is 13.7. The number of H-pyrrole nitrogens is 1. The van der Waals surface area contributed by atoms with Crippen LogP contribution in [0.4, 0.5) is 0 Å². The molecule has 176 valence electrons. The Morgan fingerprint density at radius 3 is 2.88 bits per heavy atom. The average Bonchev–Trinajstić information content (AvgIpc) is 3.39. The Labute approximate surface area is 201 Å². The Morgan fingerprint density at radius 2 is 2.18 bits per heavy atom. The molecule has 0 aliphatic carbocycles. The number of hydrogen-bond acceptors (Lipinski definition) is 6. The van der Waals surface area contributed by atoms with Gasteiger partial charge in [0.2, 0.25) is 0 Å². The van der Waals surface area contributed by atoms with Gasteiger partial charge in [-0.15, -0.1) is 0 Å². The molecule has 0 fully saturated rings. The third kappa shape index (κ3) is 4.15. The van der Waals surface area contributed by atoms with Crippen LogP contribution in [0.15, 0.2) is 42.9 Å². The highest BCUT2D eigenvalue weighted by molar-refractivity contribution is 6.32. The third-order valence-electron chi connectivity index (χ3n) is 6.00. The molecule has 0 saturated carbocycles. The summed E-state index contributed by atoms with van der Waals surface area (Å²) < 4.78 is 13.1. The van der Waals surface area contributed by atoms with E-state index >= 15 is 0 Å². The number of pyridine rings is 1. The van der Waals surface area contributed by atoms with E-state index in [4.69, 9.17) is 21.1 Å². The lowest BCUT2D eigenvalue weighted by molar-refractivity contribution is 0.0626. The SMILES string of the molecule is COc1ccc2c(c1)CC(C(=O)c1cn(CC(C)(C)O)c3cc(-c4cn[nH]c4Cl)ncc13)CO2. The fourth-order valence-electron chi connectivity index (χ4n) is 4.41. The summed E-state index contributed by atoms with van der Waals surface area (Å²) in [6.45, 7) is 4.07. The molecule has 0 spiro atoms. The lowest BCUT2D eigenvalue weighted by Crippen LogP contribution is -2.28. The number of rotatable bonds is 6. The van der Waals surface area contributed by atoms with Crippen molar-refractivity contribution in [2.75, 3.05) is 13.7 Å². The summed E-state index contributed by atoms with van der Waals surface area (Å²) in [5, 5.41) is 18.3. The Morgan fingerprint density at radius 1 is 1.35 bits per heavy atom. The van der Waals surface area contributed by atoms with Crippen molar-refractivity contribution in [2.45, 2.75) is 32.4 Å². The van der Waals surface area contributed by atoms with E-state index in [9.17, 15) is 9.90 Å². The molecule has 4 heterocycles. The number of nitrogens with one attached hydrogen (secondary N) is 1. The van der Waals surface area contributed by atoms with Crippen molar-refractivity contribution < 1.29 is 19.4 Å². The number of aromatic amines is 1. The van der Waals surface area contributed by atoms with Crippen LogP contribution in [-0.2, 0) is 13.0 Å². The number of methoxy groups -OCH3 is 1. The van der Waals surface area contributed by atoms with E-state index in [1.807, 2.05) is 28.8 Å². The van der Waals surface area contributed by atoms with Crippen molar-refractivity contribution in [1.29, 1.82) is 0 Å². The molecule has 1 aliphatic rings. The van der Waals surface area contributed by atoms with Crippen LogP contribution in [-0.4, -0.2) is 50.0 Å². The van der Waals surface area contributed by atoms with Gasteiger partial charge in [-0.2, -0.15) is 5.10 Å². The van der Waals surface area contributed by atoms with Crippen LogP contribution in [0.5, 0.6) is 11.5 Å². The lowest BCUT2D eigenvalue weighted by atomic mass is 9.89. The number of hydrogen-bond donors (Lipinski definition) is 2. The number of ketones is 1. The minimum Gasteiger partial charge on any atom is -0.497 e. The van der Waals surface area contributed by atoms with Crippen LogP contribution in [0.1, 0.15) is 29.8 Å². The molecule has 0 radical (unpaired) electrons. The van der Waals surface area contributed by atoms with E-state index in [0.29, 0.717) is 46.9 Å². The van der Waals surface area contributed by atoms with Crippen molar-refractivity contribution in [2.24, 2.45) is 5.92 Å². The van der Waals surface area contributed by atoms with Gasteiger partial charge in [-0.1, -0.05) is 11.6 Å². The topological polar surface area (TPSA) is 102 Å². The molecule has 1 aromatic carbocycles. The first-order valence-electron chi connectivity index (χ1n) is 11.0. The number of carbonyl (C=O) groups excluding carboxylic acids is 1. The minimum absolute atomic E-state index is 0.0242. The number of benzene rings is 1.